The smallest absolute Gasteiger partial charge is 0.416 e. The molecule has 0 aliphatic rings. The van der Waals surface area contributed by atoms with Crippen LogP contribution in [0.3, 0.4) is 0 Å². The van der Waals surface area contributed by atoms with Crippen molar-refractivity contribution in [1.29, 1.82) is 0 Å². The number of halogens is 3. The van der Waals surface area contributed by atoms with E-state index in [1.807, 2.05) is 18.2 Å². The molecule has 2 heterocycles. The number of carbonyl (C=O) groups is 1. The van der Waals surface area contributed by atoms with Crippen LogP contribution in [0.5, 0.6) is 5.75 Å². The van der Waals surface area contributed by atoms with Crippen molar-refractivity contribution in [3.05, 3.63) is 65.0 Å². The van der Waals surface area contributed by atoms with Gasteiger partial charge in [-0.25, -0.2) is 4.98 Å². The summed E-state index contributed by atoms with van der Waals surface area (Å²) in [6.07, 6.45) is -4.47. The SMILES string of the molecule is COc1ccc2nc3sc(C(=O)Nc4cccc(C(F)(F)F)c4)cc3cc2c1. The maximum Gasteiger partial charge on any atom is 0.416 e. The number of methoxy groups -OCH3 is 1. The summed E-state index contributed by atoms with van der Waals surface area (Å²) in [5.74, 6) is 0.218. The number of hydrogen-bond donors (Lipinski definition) is 1. The van der Waals surface area contributed by atoms with Gasteiger partial charge in [-0.1, -0.05) is 6.07 Å². The second-order valence-corrected chi connectivity index (χ2v) is 7.12. The van der Waals surface area contributed by atoms with E-state index in [4.69, 9.17) is 4.74 Å². The summed E-state index contributed by atoms with van der Waals surface area (Å²) < 4.78 is 43.7. The Morgan fingerprint density at radius 3 is 2.64 bits per heavy atom. The zero-order valence-corrected chi connectivity index (χ0v) is 15.3. The molecule has 0 saturated carbocycles. The van der Waals surface area contributed by atoms with Crippen LogP contribution in [0.4, 0.5) is 18.9 Å². The minimum atomic E-state index is -4.47. The molecule has 0 saturated heterocycles. The summed E-state index contributed by atoms with van der Waals surface area (Å²) in [5, 5.41) is 4.16. The Morgan fingerprint density at radius 1 is 1.07 bits per heavy atom. The van der Waals surface area contributed by atoms with E-state index in [1.54, 1.807) is 19.2 Å². The Labute approximate surface area is 161 Å². The summed E-state index contributed by atoms with van der Waals surface area (Å²) >= 11 is 1.18. The molecule has 0 unspecified atom stereocenters. The van der Waals surface area contributed by atoms with Crippen molar-refractivity contribution in [2.24, 2.45) is 0 Å². The van der Waals surface area contributed by atoms with Crippen molar-refractivity contribution < 1.29 is 22.7 Å². The standard InChI is InChI=1S/C20H13F3N2O2S/c1-27-15-5-6-16-11(8-15)7-12-9-17(28-19(12)25-16)18(26)24-14-4-2-3-13(10-14)20(21,22)23/h2-10H,1H3,(H,24,26). The number of anilines is 1. The molecule has 0 bridgehead atoms. The van der Waals surface area contributed by atoms with Gasteiger partial charge < -0.3 is 10.1 Å². The van der Waals surface area contributed by atoms with Crippen LogP contribution in [0.25, 0.3) is 21.1 Å². The van der Waals surface area contributed by atoms with Gasteiger partial charge in [0.05, 0.1) is 23.1 Å². The lowest BCUT2D eigenvalue weighted by molar-refractivity contribution is -0.137. The molecule has 0 radical (unpaired) electrons. The molecule has 142 valence electrons. The minimum absolute atomic E-state index is 0.0835. The Balaban J connectivity index is 1.65. The molecule has 2 aromatic heterocycles. The molecule has 1 amide bonds. The number of rotatable bonds is 3. The van der Waals surface area contributed by atoms with Crippen molar-refractivity contribution in [3.8, 4) is 5.75 Å². The van der Waals surface area contributed by atoms with Crippen LogP contribution in [-0.4, -0.2) is 18.0 Å². The largest absolute Gasteiger partial charge is 0.497 e. The number of nitrogens with one attached hydrogen (secondary N) is 1. The van der Waals surface area contributed by atoms with Crippen LogP contribution in [0.2, 0.25) is 0 Å². The topological polar surface area (TPSA) is 51.2 Å². The Morgan fingerprint density at radius 2 is 1.89 bits per heavy atom. The molecule has 2 aromatic carbocycles. The number of pyridine rings is 1. The van der Waals surface area contributed by atoms with Gasteiger partial charge in [0.25, 0.3) is 5.91 Å². The molecule has 8 heteroatoms. The van der Waals surface area contributed by atoms with E-state index in [0.29, 0.717) is 15.5 Å². The first kappa shape index (κ1) is 18.2. The van der Waals surface area contributed by atoms with Gasteiger partial charge in [0, 0.05) is 16.5 Å². The summed E-state index contributed by atoms with van der Waals surface area (Å²) in [6.45, 7) is 0. The van der Waals surface area contributed by atoms with Crippen molar-refractivity contribution >= 4 is 44.1 Å². The Bertz CT molecular complexity index is 1200. The Hall–Kier alpha value is -3.13. The molecule has 0 spiro atoms. The van der Waals surface area contributed by atoms with Gasteiger partial charge in [-0.2, -0.15) is 13.2 Å². The van der Waals surface area contributed by atoms with Gasteiger partial charge >= 0.3 is 6.18 Å². The molecular weight excluding hydrogens is 389 g/mol. The fraction of sp³-hybridized carbons (Fsp3) is 0.100. The number of nitrogens with zero attached hydrogens (tertiary/aromatic N) is 1. The molecule has 28 heavy (non-hydrogen) atoms. The summed E-state index contributed by atoms with van der Waals surface area (Å²) in [7, 11) is 1.58. The molecular formula is C20H13F3N2O2S. The predicted molar refractivity (Wildman–Crippen MR) is 103 cm³/mol. The first-order valence-electron chi connectivity index (χ1n) is 8.20. The molecule has 0 aliphatic heterocycles. The highest BCUT2D eigenvalue weighted by molar-refractivity contribution is 7.20. The lowest BCUT2D eigenvalue weighted by Gasteiger charge is -2.09. The average molecular weight is 402 g/mol. The van der Waals surface area contributed by atoms with E-state index >= 15 is 0 Å². The zero-order chi connectivity index (χ0) is 19.9. The number of ether oxygens (including phenoxy) is 1. The number of fused-ring (bicyclic) bond motifs is 2. The first-order chi connectivity index (χ1) is 13.3. The van der Waals surface area contributed by atoms with Gasteiger partial charge in [0.15, 0.2) is 0 Å². The molecule has 0 atom stereocenters. The van der Waals surface area contributed by atoms with E-state index in [-0.39, 0.29) is 5.69 Å². The van der Waals surface area contributed by atoms with Gasteiger partial charge in [-0.3, -0.25) is 4.79 Å². The number of amides is 1. The van der Waals surface area contributed by atoms with E-state index in [0.717, 1.165) is 28.4 Å². The summed E-state index contributed by atoms with van der Waals surface area (Å²) in [4.78, 5) is 18.1. The number of thiophene rings is 1. The molecule has 1 N–H and O–H groups in total. The zero-order valence-electron chi connectivity index (χ0n) is 14.5. The van der Waals surface area contributed by atoms with E-state index in [2.05, 4.69) is 10.3 Å². The number of hydrogen-bond acceptors (Lipinski definition) is 4. The number of aromatic nitrogens is 1. The predicted octanol–water partition coefficient (Wildman–Crippen LogP) is 5.73. The van der Waals surface area contributed by atoms with Crippen LogP contribution in [0.1, 0.15) is 15.2 Å². The minimum Gasteiger partial charge on any atom is -0.497 e. The highest BCUT2D eigenvalue weighted by Gasteiger charge is 2.30. The van der Waals surface area contributed by atoms with Crippen LogP contribution in [-0.2, 0) is 6.18 Å². The number of alkyl halides is 3. The molecule has 0 fully saturated rings. The summed E-state index contributed by atoms with van der Waals surface area (Å²) in [5.41, 5.74) is 0.0311. The van der Waals surface area contributed by atoms with Gasteiger partial charge in [0.2, 0.25) is 0 Å². The van der Waals surface area contributed by atoms with Crippen molar-refractivity contribution in [2.75, 3.05) is 12.4 Å². The van der Waals surface area contributed by atoms with Crippen molar-refractivity contribution in [3.63, 3.8) is 0 Å². The highest BCUT2D eigenvalue weighted by Crippen LogP contribution is 2.32. The van der Waals surface area contributed by atoms with Gasteiger partial charge in [0.1, 0.15) is 10.6 Å². The van der Waals surface area contributed by atoms with E-state index in [1.165, 1.54) is 23.5 Å². The third-order valence-electron chi connectivity index (χ3n) is 4.18. The van der Waals surface area contributed by atoms with E-state index in [9.17, 15) is 18.0 Å². The maximum atomic E-state index is 12.8. The van der Waals surface area contributed by atoms with Crippen LogP contribution < -0.4 is 10.1 Å². The molecule has 4 aromatic rings. The number of carbonyl (C=O) groups excluding carboxylic acids is 1. The fourth-order valence-corrected chi connectivity index (χ4v) is 3.74. The monoisotopic (exact) mass is 402 g/mol. The third kappa shape index (κ3) is 3.50. The summed E-state index contributed by atoms with van der Waals surface area (Å²) in [6, 6.07) is 13.6. The second-order valence-electron chi connectivity index (χ2n) is 6.08. The first-order valence-corrected chi connectivity index (χ1v) is 9.02. The lowest BCUT2D eigenvalue weighted by Crippen LogP contribution is -2.11. The van der Waals surface area contributed by atoms with Gasteiger partial charge in [-0.15, -0.1) is 11.3 Å². The fourth-order valence-electron chi connectivity index (χ4n) is 2.82. The second kappa shape index (κ2) is 6.79. The van der Waals surface area contributed by atoms with Crippen LogP contribution in [0, 0.1) is 0 Å². The quantitative estimate of drug-likeness (QED) is 0.476. The normalized spacial score (nSPS) is 11.7. The molecule has 0 aliphatic carbocycles. The van der Waals surface area contributed by atoms with Crippen molar-refractivity contribution in [2.45, 2.75) is 6.18 Å². The third-order valence-corrected chi connectivity index (χ3v) is 5.22. The highest BCUT2D eigenvalue weighted by atomic mass is 32.1. The van der Waals surface area contributed by atoms with E-state index < -0.39 is 17.6 Å². The van der Waals surface area contributed by atoms with Crippen LogP contribution >= 0.6 is 11.3 Å². The lowest BCUT2D eigenvalue weighted by atomic mass is 10.1. The Kier molecular flexibility index (Phi) is 4.43. The van der Waals surface area contributed by atoms with Crippen LogP contribution in [0.15, 0.2) is 54.6 Å². The molecule has 4 nitrogen and oxygen atoms in total. The van der Waals surface area contributed by atoms with Gasteiger partial charge in [-0.05, 0) is 48.5 Å². The molecule has 4 rings (SSSR count). The maximum absolute atomic E-state index is 12.8. The van der Waals surface area contributed by atoms with Crippen molar-refractivity contribution in [1.82, 2.24) is 4.98 Å². The number of benzene rings is 2. The average Bonchev–Trinajstić information content (AvgIpc) is 3.08.